The summed E-state index contributed by atoms with van der Waals surface area (Å²) in [6.45, 7) is 1.76. The molecule has 1 aromatic carbocycles. The van der Waals surface area contributed by atoms with Crippen molar-refractivity contribution >= 4 is 15.9 Å². The van der Waals surface area contributed by atoms with Gasteiger partial charge >= 0.3 is 0 Å². The molecule has 2 rings (SSSR count). The van der Waals surface area contributed by atoms with Crippen molar-refractivity contribution in [2.75, 3.05) is 0 Å². The molecule has 1 aromatic heterocycles. The number of aromatic nitrogens is 2. The lowest BCUT2D eigenvalue weighted by atomic mass is 10.1. The highest BCUT2D eigenvalue weighted by Gasteiger charge is 2.09. The molecule has 0 saturated heterocycles. The Morgan fingerprint density at radius 3 is 2.56 bits per heavy atom. The van der Waals surface area contributed by atoms with Crippen LogP contribution < -0.4 is 0 Å². The third-order valence-electron chi connectivity index (χ3n) is 2.03. The smallest absolute Gasteiger partial charge is 0.197 e. The number of hydrogen-bond donors (Lipinski definition) is 0. The van der Waals surface area contributed by atoms with Crippen LogP contribution in [0.15, 0.2) is 29.0 Å². The number of hydrogen-bond acceptors (Lipinski definition) is 2. The number of rotatable bonds is 1. The monoisotopic (exact) mass is 284 g/mol. The molecule has 0 aliphatic heterocycles. The first-order valence-corrected chi connectivity index (χ1v) is 5.32. The summed E-state index contributed by atoms with van der Waals surface area (Å²) in [5.74, 6) is -1.00. The lowest BCUT2D eigenvalue weighted by Crippen LogP contribution is -1.94. The van der Waals surface area contributed by atoms with Crippen LogP contribution in [-0.2, 0) is 0 Å². The maximum absolute atomic E-state index is 13.5. The van der Waals surface area contributed by atoms with Gasteiger partial charge in [0.25, 0.3) is 0 Å². The van der Waals surface area contributed by atoms with Gasteiger partial charge in [-0.15, -0.1) is 0 Å². The van der Waals surface area contributed by atoms with Gasteiger partial charge in [-0.05, 0) is 47.1 Å². The predicted molar refractivity (Wildman–Crippen MR) is 59.8 cm³/mol. The van der Waals surface area contributed by atoms with E-state index in [1.807, 2.05) is 0 Å². The van der Waals surface area contributed by atoms with E-state index in [-0.39, 0.29) is 5.56 Å². The van der Waals surface area contributed by atoms with Crippen LogP contribution in [0.4, 0.5) is 8.78 Å². The molecule has 0 amide bonds. The first-order valence-electron chi connectivity index (χ1n) is 4.53. The molecule has 0 unspecified atom stereocenters. The molecule has 0 aliphatic rings. The molecule has 0 spiro atoms. The minimum atomic E-state index is -0.508. The second-order valence-electron chi connectivity index (χ2n) is 3.29. The molecule has 2 aromatic rings. The van der Waals surface area contributed by atoms with Crippen molar-refractivity contribution in [1.29, 1.82) is 0 Å². The van der Waals surface area contributed by atoms with Crippen molar-refractivity contribution in [2.24, 2.45) is 0 Å². The van der Waals surface area contributed by atoms with E-state index in [4.69, 9.17) is 0 Å². The van der Waals surface area contributed by atoms with Crippen LogP contribution in [0.3, 0.4) is 0 Å². The van der Waals surface area contributed by atoms with Crippen LogP contribution in [0.2, 0.25) is 0 Å². The Morgan fingerprint density at radius 1 is 1.12 bits per heavy atom. The minimum absolute atomic E-state index is 0.131. The Kier molecular flexibility index (Phi) is 2.96. The van der Waals surface area contributed by atoms with E-state index in [0.717, 1.165) is 18.2 Å². The molecule has 2 nitrogen and oxygen atoms in total. The average Bonchev–Trinajstić information content (AvgIpc) is 2.20. The lowest BCUT2D eigenvalue weighted by Gasteiger charge is -2.04. The molecule has 16 heavy (non-hydrogen) atoms. The summed E-state index contributed by atoms with van der Waals surface area (Å²) in [6, 6.07) is 4.87. The van der Waals surface area contributed by atoms with Crippen molar-refractivity contribution in [3.63, 3.8) is 0 Å². The predicted octanol–water partition coefficient (Wildman–Crippen LogP) is 3.49. The molecular formula is C11H7BrF2N2. The second-order valence-corrected chi connectivity index (χ2v) is 4.00. The molecule has 1 heterocycles. The maximum atomic E-state index is 13.5. The van der Waals surface area contributed by atoms with Gasteiger partial charge in [0.1, 0.15) is 11.6 Å². The summed E-state index contributed by atoms with van der Waals surface area (Å²) in [5, 5.41) is 0. The van der Waals surface area contributed by atoms with Crippen LogP contribution in [0.25, 0.3) is 11.3 Å². The first kappa shape index (κ1) is 11.1. The minimum Gasteiger partial charge on any atom is -0.227 e. The zero-order chi connectivity index (χ0) is 11.7. The van der Waals surface area contributed by atoms with E-state index >= 15 is 0 Å². The van der Waals surface area contributed by atoms with Crippen molar-refractivity contribution in [3.05, 3.63) is 46.3 Å². The van der Waals surface area contributed by atoms with E-state index in [2.05, 4.69) is 25.9 Å². The zero-order valence-corrected chi connectivity index (χ0v) is 9.92. The molecule has 82 valence electrons. The van der Waals surface area contributed by atoms with Gasteiger partial charge in [0, 0.05) is 11.3 Å². The van der Waals surface area contributed by atoms with Gasteiger partial charge in [-0.25, -0.2) is 18.7 Å². The van der Waals surface area contributed by atoms with Crippen molar-refractivity contribution in [1.82, 2.24) is 9.97 Å². The highest BCUT2D eigenvalue weighted by molar-refractivity contribution is 9.10. The summed E-state index contributed by atoms with van der Waals surface area (Å²) >= 11 is 3.11. The van der Waals surface area contributed by atoms with E-state index in [1.165, 1.54) is 0 Å². The SMILES string of the molecule is Cc1cc(-c2cc(F)ccc2F)nc(Br)n1. The third-order valence-corrected chi connectivity index (χ3v) is 2.39. The molecule has 0 atom stereocenters. The summed E-state index contributed by atoms with van der Waals surface area (Å²) < 4.78 is 26.8. The highest BCUT2D eigenvalue weighted by atomic mass is 79.9. The van der Waals surface area contributed by atoms with E-state index in [1.54, 1.807) is 13.0 Å². The van der Waals surface area contributed by atoms with Crippen molar-refractivity contribution < 1.29 is 8.78 Å². The Morgan fingerprint density at radius 2 is 1.88 bits per heavy atom. The quantitative estimate of drug-likeness (QED) is 0.749. The summed E-state index contributed by atoms with van der Waals surface area (Å²) in [4.78, 5) is 8.01. The first-order chi connectivity index (χ1) is 7.56. The van der Waals surface area contributed by atoms with Gasteiger partial charge in [-0.2, -0.15) is 0 Å². The number of halogens is 3. The fraction of sp³-hybridized carbons (Fsp3) is 0.0909. The molecule has 0 bridgehead atoms. The molecular weight excluding hydrogens is 278 g/mol. The molecule has 0 fully saturated rings. The standard InChI is InChI=1S/C11H7BrF2N2/c1-6-4-10(16-11(12)15-6)8-5-7(13)2-3-9(8)14/h2-5H,1H3. The van der Waals surface area contributed by atoms with Gasteiger partial charge in [-0.3, -0.25) is 0 Å². The van der Waals surface area contributed by atoms with Gasteiger partial charge < -0.3 is 0 Å². The van der Waals surface area contributed by atoms with Crippen LogP contribution >= 0.6 is 15.9 Å². The van der Waals surface area contributed by atoms with Gasteiger partial charge in [0.15, 0.2) is 4.73 Å². The largest absolute Gasteiger partial charge is 0.227 e. The zero-order valence-electron chi connectivity index (χ0n) is 8.34. The highest BCUT2D eigenvalue weighted by Crippen LogP contribution is 2.23. The molecule has 0 saturated carbocycles. The number of benzene rings is 1. The average molecular weight is 285 g/mol. The summed E-state index contributed by atoms with van der Waals surface area (Å²) in [6.07, 6.45) is 0. The molecule has 5 heteroatoms. The Balaban J connectivity index is 2.62. The number of nitrogens with zero attached hydrogens (tertiary/aromatic N) is 2. The van der Waals surface area contributed by atoms with E-state index in [9.17, 15) is 8.78 Å². The van der Waals surface area contributed by atoms with Crippen LogP contribution in [0, 0.1) is 18.6 Å². The summed E-state index contributed by atoms with van der Waals surface area (Å²) in [7, 11) is 0. The topological polar surface area (TPSA) is 25.8 Å². The third kappa shape index (κ3) is 2.24. The Bertz CT molecular complexity index is 523. The number of aryl methyl sites for hydroxylation is 1. The van der Waals surface area contributed by atoms with Gasteiger partial charge in [0.2, 0.25) is 0 Å². The van der Waals surface area contributed by atoms with Crippen molar-refractivity contribution in [3.8, 4) is 11.3 Å². The van der Waals surface area contributed by atoms with Gasteiger partial charge in [-0.1, -0.05) is 0 Å². The van der Waals surface area contributed by atoms with Crippen LogP contribution in [0.5, 0.6) is 0 Å². The fourth-order valence-electron chi connectivity index (χ4n) is 1.36. The summed E-state index contributed by atoms with van der Waals surface area (Å²) in [5.41, 5.74) is 1.17. The molecule has 0 aliphatic carbocycles. The van der Waals surface area contributed by atoms with Crippen molar-refractivity contribution in [2.45, 2.75) is 6.92 Å². The normalized spacial score (nSPS) is 10.5. The van der Waals surface area contributed by atoms with Gasteiger partial charge in [0.05, 0.1) is 5.69 Å². The Hall–Kier alpha value is -1.36. The lowest BCUT2D eigenvalue weighted by molar-refractivity contribution is 0.602. The molecule has 0 radical (unpaired) electrons. The fourth-order valence-corrected chi connectivity index (χ4v) is 1.83. The molecule has 0 N–H and O–H groups in total. The second kappa shape index (κ2) is 4.25. The van der Waals surface area contributed by atoms with Crippen LogP contribution in [0.1, 0.15) is 5.69 Å². The van der Waals surface area contributed by atoms with Crippen LogP contribution in [-0.4, -0.2) is 9.97 Å². The Labute approximate surface area is 99.5 Å². The van der Waals surface area contributed by atoms with E-state index in [0.29, 0.717) is 16.1 Å². The maximum Gasteiger partial charge on any atom is 0.197 e. The van der Waals surface area contributed by atoms with E-state index < -0.39 is 11.6 Å².